The molecule has 33 heavy (non-hydrogen) atoms. The maximum Gasteiger partial charge on any atom is 0.272 e. The van der Waals surface area contributed by atoms with Crippen molar-refractivity contribution in [2.75, 3.05) is 39.5 Å². The van der Waals surface area contributed by atoms with Crippen LogP contribution >= 0.6 is 0 Å². The predicted octanol–water partition coefficient (Wildman–Crippen LogP) is 1.25. The number of halogens is 2. The van der Waals surface area contributed by atoms with E-state index >= 15 is 0 Å². The van der Waals surface area contributed by atoms with Crippen LogP contribution in [0.1, 0.15) is 24.1 Å². The molecule has 180 valence electrons. The van der Waals surface area contributed by atoms with Crippen LogP contribution in [0, 0.1) is 23.7 Å². The maximum atomic E-state index is 13.0. The number of nitrogens with zero attached hydrogens (tertiary/aromatic N) is 2. The number of nitrogens with one attached hydrogen (secondary N) is 2. The molecule has 1 aromatic rings. The minimum absolute atomic E-state index is 0.110. The highest BCUT2D eigenvalue weighted by Crippen LogP contribution is 2.49. The lowest BCUT2D eigenvalue weighted by Gasteiger charge is -2.35. The number of amides is 2. The van der Waals surface area contributed by atoms with Gasteiger partial charge in [-0.3, -0.25) is 15.0 Å². The summed E-state index contributed by atoms with van der Waals surface area (Å²) in [7, 11) is 0. The molecule has 1 saturated heterocycles. The van der Waals surface area contributed by atoms with Gasteiger partial charge in [0.1, 0.15) is 5.71 Å². The van der Waals surface area contributed by atoms with Crippen LogP contribution in [0.4, 0.5) is 8.78 Å². The van der Waals surface area contributed by atoms with Crippen molar-refractivity contribution >= 4 is 17.5 Å². The van der Waals surface area contributed by atoms with E-state index in [0.29, 0.717) is 11.1 Å². The Morgan fingerprint density at radius 3 is 2.82 bits per heavy atom. The van der Waals surface area contributed by atoms with Crippen molar-refractivity contribution in [2.45, 2.75) is 26.3 Å². The Labute approximate surface area is 190 Å². The number of pyridine rings is 1. The Hall–Kier alpha value is -2.92. The van der Waals surface area contributed by atoms with E-state index in [9.17, 15) is 18.4 Å². The van der Waals surface area contributed by atoms with Gasteiger partial charge in [-0.2, -0.15) is 0 Å². The lowest BCUT2D eigenvalue weighted by Crippen LogP contribution is -2.49. The van der Waals surface area contributed by atoms with E-state index in [4.69, 9.17) is 20.0 Å². The van der Waals surface area contributed by atoms with E-state index in [0.717, 1.165) is 0 Å². The topological polar surface area (TPSA) is 125 Å². The number of ether oxygens (including phenoxy) is 2. The molecule has 3 rings (SSSR count). The molecule has 0 bridgehead atoms. The fraction of sp³-hybridized carbons (Fsp3) is 0.545. The van der Waals surface area contributed by atoms with E-state index in [2.05, 4.69) is 10.3 Å². The fourth-order valence-corrected chi connectivity index (χ4v) is 4.05. The van der Waals surface area contributed by atoms with Gasteiger partial charge in [0, 0.05) is 24.8 Å². The number of aliphatic hydroxyl groups excluding tert-OH is 1. The Morgan fingerprint density at radius 2 is 2.21 bits per heavy atom. The molecular weight excluding hydrogens is 438 g/mol. The number of alkyl halides is 2. The molecule has 0 radical (unpaired) electrons. The highest BCUT2D eigenvalue weighted by Gasteiger charge is 2.59. The van der Waals surface area contributed by atoms with E-state index in [-0.39, 0.29) is 50.4 Å². The van der Waals surface area contributed by atoms with E-state index < -0.39 is 36.3 Å². The molecule has 2 heterocycles. The van der Waals surface area contributed by atoms with Crippen molar-refractivity contribution in [3.63, 3.8) is 0 Å². The number of rotatable bonds is 12. The van der Waals surface area contributed by atoms with Crippen molar-refractivity contribution in [1.29, 1.82) is 5.41 Å². The van der Waals surface area contributed by atoms with E-state index in [1.54, 1.807) is 30.0 Å². The first-order valence-corrected chi connectivity index (χ1v) is 10.6. The van der Waals surface area contributed by atoms with Crippen LogP contribution in [-0.4, -0.2) is 78.5 Å². The molecule has 1 aliphatic carbocycles. The second kappa shape index (κ2) is 10.3. The van der Waals surface area contributed by atoms with Crippen LogP contribution in [0.3, 0.4) is 0 Å². The average Bonchev–Trinajstić information content (AvgIpc) is 2.96. The lowest BCUT2D eigenvalue weighted by molar-refractivity contribution is -0.131. The number of aryl methyl sites for hydroxylation is 1. The molecule has 1 fully saturated rings. The monoisotopic (exact) mass is 466 g/mol. The van der Waals surface area contributed by atoms with Crippen molar-refractivity contribution in [1.82, 2.24) is 15.2 Å². The Morgan fingerprint density at radius 1 is 1.45 bits per heavy atom. The molecule has 0 spiro atoms. The Balaban J connectivity index is 1.66. The predicted molar refractivity (Wildman–Crippen MR) is 114 cm³/mol. The largest absolute Gasteiger partial charge is 0.471 e. The summed E-state index contributed by atoms with van der Waals surface area (Å²) < 4.78 is 34.9. The van der Waals surface area contributed by atoms with Crippen LogP contribution in [0.25, 0.3) is 0 Å². The smallest absolute Gasteiger partial charge is 0.272 e. The molecule has 3 atom stereocenters. The summed E-state index contributed by atoms with van der Waals surface area (Å²) in [5.41, 5.74) is 0.0754. The Kier molecular flexibility index (Phi) is 7.75. The molecule has 0 saturated carbocycles. The summed E-state index contributed by atoms with van der Waals surface area (Å²) in [6.45, 7) is 3.36. The van der Waals surface area contributed by atoms with E-state index in [1.807, 2.05) is 6.92 Å². The second-order valence-electron chi connectivity index (χ2n) is 8.08. The highest BCUT2D eigenvalue weighted by molar-refractivity contribution is 6.41. The number of likely N-dealkylation sites (tertiary alicyclic amines) is 1. The third-order valence-electron chi connectivity index (χ3n) is 5.93. The first kappa shape index (κ1) is 24.7. The van der Waals surface area contributed by atoms with Gasteiger partial charge >= 0.3 is 0 Å². The van der Waals surface area contributed by atoms with Crippen LogP contribution < -0.4 is 10.1 Å². The zero-order chi connectivity index (χ0) is 24.2. The van der Waals surface area contributed by atoms with Gasteiger partial charge in [0.2, 0.25) is 11.8 Å². The molecule has 1 aliphatic heterocycles. The first-order chi connectivity index (χ1) is 15.7. The minimum Gasteiger partial charge on any atom is -0.471 e. The van der Waals surface area contributed by atoms with Gasteiger partial charge in [0.05, 0.1) is 37.2 Å². The number of fused-ring (bicyclic) bond motifs is 1. The van der Waals surface area contributed by atoms with Crippen molar-refractivity contribution < 1.29 is 33.0 Å². The zero-order valence-corrected chi connectivity index (χ0v) is 18.5. The standard InChI is InChI=1S/C22H28F2N4O5/c1-13-9-15(10-27-20(13)33-11-17(23)24)14(2)28-12-22(4-3-16(22)21(28)31)18(25)19(30)26-5-7-32-8-6-29/h3-4,9-10,14,16-17,25,29H,5-8,11-12H2,1-2H3,(H,26,30)/t14?,16?,22-/m0/s1. The number of aliphatic hydroxyl groups is 1. The average molecular weight is 466 g/mol. The molecule has 2 aliphatic rings. The zero-order valence-electron chi connectivity index (χ0n) is 18.5. The molecule has 11 heteroatoms. The summed E-state index contributed by atoms with van der Waals surface area (Å²) in [5, 5.41) is 19.8. The van der Waals surface area contributed by atoms with Gasteiger partial charge in [-0.25, -0.2) is 13.8 Å². The normalized spacial score (nSPS) is 22.2. The first-order valence-electron chi connectivity index (χ1n) is 10.6. The van der Waals surface area contributed by atoms with E-state index in [1.165, 1.54) is 6.20 Å². The van der Waals surface area contributed by atoms with Crippen LogP contribution in [0.15, 0.2) is 24.4 Å². The Bertz CT molecular complexity index is 941. The summed E-state index contributed by atoms with van der Waals surface area (Å²) in [6.07, 6.45) is 2.30. The molecule has 3 N–H and O–H groups in total. The number of aromatic nitrogens is 1. The molecule has 2 amide bonds. The van der Waals surface area contributed by atoms with Crippen molar-refractivity contribution in [2.24, 2.45) is 11.3 Å². The van der Waals surface area contributed by atoms with Gasteiger partial charge < -0.3 is 24.8 Å². The summed E-state index contributed by atoms with van der Waals surface area (Å²) >= 11 is 0. The number of hydrogen-bond donors (Lipinski definition) is 3. The van der Waals surface area contributed by atoms with Gasteiger partial charge in [-0.1, -0.05) is 12.2 Å². The van der Waals surface area contributed by atoms with Gasteiger partial charge in [0.15, 0.2) is 6.61 Å². The van der Waals surface area contributed by atoms with Gasteiger partial charge in [-0.15, -0.1) is 0 Å². The third-order valence-corrected chi connectivity index (χ3v) is 5.93. The fourth-order valence-electron chi connectivity index (χ4n) is 4.05. The van der Waals surface area contributed by atoms with Gasteiger partial charge in [0.25, 0.3) is 12.3 Å². The van der Waals surface area contributed by atoms with Crippen LogP contribution in [-0.2, 0) is 14.3 Å². The highest BCUT2D eigenvalue weighted by atomic mass is 19.3. The quantitative estimate of drug-likeness (QED) is 0.242. The van der Waals surface area contributed by atoms with Gasteiger partial charge in [-0.05, 0) is 25.5 Å². The number of carbonyl (C=O) groups is 2. The van der Waals surface area contributed by atoms with Crippen LogP contribution in [0.5, 0.6) is 5.88 Å². The molecule has 0 aromatic carbocycles. The SMILES string of the molecule is Cc1cc(C(C)N2C[C@@]3(C(=N)C(=O)NCCOCCO)C=CC3C2=O)cnc1OCC(F)F. The summed E-state index contributed by atoms with van der Waals surface area (Å²) in [5.74, 6) is -1.24. The summed E-state index contributed by atoms with van der Waals surface area (Å²) in [4.78, 5) is 31.3. The summed E-state index contributed by atoms with van der Waals surface area (Å²) in [6, 6.07) is 1.33. The van der Waals surface area contributed by atoms with Crippen molar-refractivity contribution in [3.05, 3.63) is 35.5 Å². The molecule has 1 aromatic heterocycles. The minimum atomic E-state index is -2.60. The maximum absolute atomic E-state index is 13.0. The van der Waals surface area contributed by atoms with Crippen molar-refractivity contribution in [3.8, 4) is 5.88 Å². The molecule has 9 nitrogen and oxygen atoms in total. The lowest BCUT2D eigenvalue weighted by atomic mass is 9.65. The van der Waals surface area contributed by atoms with Crippen LogP contribution in [0.2, 0.25) is 0 Å². The number of hydrogen-bond acceptors (Lipinski definition) is 7. The molecular formula is C22H28F2N4O5. The second-order valence-corrected chi connectivity index (χ2v) is 8.08. The third kappa shape index (κ3) is 5.03. The number of carbonyl (C=O) groups excluding carboxylic acids is 2. The molecule has 2 unspecified atom stereocenters.